The van der Waals surface area contributed by atoms with E-state index in [4.69, 9.17) is 4.74 Å². The minimum absolute atomic E-state index is 0.0879. The molecular weight excluding hydrogens is 478 g/mol. The molecule has 2 unspecified atom stereocenters. The lowest BCUT2D eigenvalue weighted by Crippen LogP contribution is -2.50. The second-order valence-corrected chi connectivity index (χ2v) is 10.9. The number of carbonyl (C=O) groups is 2. The van der Waals surface area contributed by atoms with Crippen molar-refractivity contribution in [3.63, 3.8) is 0 Å². The number of phenols is 1. The van der Waals surface area contributed by atoms with Gasteiger partial charge in [0, 0.05) is 17.5 Å². The predicted octanol–water partition coefficient (Wildman–Crippen LogP) is 4.81. The second-order valence-electron chi connectivity index (χ2n) is 10.9. The largest absolute Gasteiger partial charge is 0.508 e. The Morgan fingerprint density at radius 1 is 0.868 bits per heavy atom. The van der Waals surface area contributed by atoms with Crippen LogP contribution in [0.1, 0.15) is 48.3 Å². The van der Waals surface area contributed by atoms with Crippen LogP contribution in [-0.2, 0) is 16.1 Å². The number of fused-ring (bicyclic) bond motifs is 5. The number of ether oxygens (including phenoxy) is 1. The maximum Gasteiger partial charge on any atom is 0.237 e. The van der Waals surface area contributed by atoms with Gasteiger partial charge in [-0.25, -0.2) is 0 Å². The number of hydrogen-bond donors (Lipinski definition) is 2. The Balaban J connectivity index is 1.46. The van der Waals surface area contributed by atoms with E-state index in [1.807, 2.05) is 60.7 Å². The zero-order chi connectivity index (χ0) is 26.0. The number of amides is 2. The van der Waals surface area contributed by atoms with Gasteiger partial charge in [0.05, 0.1) is 24.5 Å². The van der Waals surface area contributed by atoms with Crippen molar-refractivity contribution in [2.45, 2.75) is 49.9 Å². The first-order chi connectivity index (χ1) is 18.5. The number of likely N-dealkylation sites (tertiary alicyclic amines) is 1. The number of imide groups is 1. The van der Waals surface area contributed by atoms with Gasteiger partial charge < -0.3 is 14.9 Å². The Morgan fingerprint density at radius 3 is 2.26 bits per heavy atom. The van der Waals surface area contributed by atoms with Gasteiger partial charge in [-0.2, -0.15) is 0 Å². The summed E-state index contributed by atoms with van der Waals surface area (Å²) in [6, 6.07) is 24.1. The maximum atomic E-state index is 14.3. The quantitative estimate of drug-likeness (QED) is 0.497. The fourth-order valence-corrected chi connectivity index (χ4v) is 7.34. The van der Waals surface area contributed by atoms with Gasteiger partial charge in [-0.3, -0.25) is 14.5 Å². The second kappa shape index (κ2) is 8.57. The van der Waals surface area contributed by atoms with Crippen LogP contribution in [0.3, 0.4) is 0 Å². The van der Waals surface area contributed by atoms with E-state index in [1.54, 1.807) is 18.2 Å². The summed E-state index contributed by atoms with van der Waals surface area (Å²) in [5, 5.41) is 22.4. The molecule has 0 radical (unpaired) electrons. The van der Waals surface area contributed by atoms with Crippen LogP contribution in [0.15, 0.2) is 84.4 Å². The molecule has 2 fully saturated rings. The summed E-state index contributed by atoms with van der Waals surface area (Å²) in [4.78, 5) is 29.8. The fourth-order valence-electron chi connectivity index (χ4n) is 7.34. The summed E-state index contributed by atoms with van der Waals surface area (Å²) in [7, 11) is 0. The molecule has 1 saturated heterocycles. The highest BCUT2D eigenvalue weighted by Crippen LogP contribution is 2.61. The van der Waals surface area contributed by atoms with E-state index >= 15 is 0 Å². The van der Waals surface area contributed by atoms with Crippen molar-refractivity contribution < 1.29 is 24.5 Å². The fraction of sp³-hybridized carbons (Fsp3) is 0.312. The molecule has 6 heteroatoms. The van der Waals surface area contributed by atoms with Crippen molar-refractivity contribution in [1.29, 1.82) is 0 Å². The summed E-state index contributed by atoms with van der Waals surface area (Å²) >= 11 is 0. The van der Waals surface area contributed by atoms with Crippen LogP contribution in [0.25, 0.3) is 5.57 Å². The van der Waals surface area contributed by atoms with Crippen LogP contribution in [0, 0.1) is 11.8 Å². The normalized spacial score (nSPS) is 27.2. The van der Waals surface area contributed by atoms with Crippen molar-refractivity contribution in [1.82, 2.24) is 4.90 Å². The van der Waals surface area contributed by atoms with Gasteiger partial charge in [-0.15, -0.1) is 0 Å². The molecule has 6 nitrogen and oxygen atoms in total. The predicted molar refractivity (Wildman–Crippen MR) is 141 cm³/mol. The van der Waals surface area contributed by atoms with Crippen LogP contribution in [0.5, 0.6) is 11.5 Å². The third-order valence-electron chi connectivity index (χ3n) is 8.90. The molecule has 192 valence electrons. The third kappa shape index (κ3) is 3.29. The number of aliphatic hydroxyl groups is 1. The summed E-state index contributed by atoms with van der Waals surface area (Å²) in [5.74, 6) is -1.88. The summed E-state index contributed by atoms with van der Waals surface area (Å²) < 4.78 is 6.65. The van der Waals surface area contributed by atoms with Crippen LogP contribution in [0.4, 0.5) is 0 Å². The van der Waals surface area contributed by atoms with Crippen LogP contribution >= 0.6 is 0 Å². The van der Waals surface area contributed by atoms with E-state index in [-0.39, 0.29) is 24.1 Å². The molecule has 0 aromatic heterocycles. The average molecular weight is 508 g/mol. The first-order valence-electron chi connectivity index (χ1n) is 13.4. The average Bonchev–Trinajstić information content (AvgIpc) is 3.48. The summed E-state index contributed by atoms with van der Waals surface area (Å²) in [6.07, 6.45) is 2.25. The minimum Gasteiger partial charge on any atom is -0.508 e. The minimum atomic E-state index is -1.01. The topological polar surface area (TPSA) is 87.1 Å². The van der Waals surface area contributed by atoms with Gasteiger partial charge in [-0.05, 0) is 60.1 Å². The molecule has 2 aliphatic heterocycles. The van der Waals surface area contributed by atoms with Crippen molar-refractivity contribution in [3.8, 4) is 11.5 Å². The van der Waals surface area contributed by atoms with E-state index in [0.29, 0.717) is 29.7 Å². The lowest BCUT2D eigenvalue weighted by Gasteiger charge is -2.48. The summed E-state index contributed by atoms with van der Waals surface area (Å²) in [6.45, 7) is 0.198. The van der Waals surface area contributed by atoms with Crippen LogP contribution in [-0.4, -0.2) is 38.6 Å². The zero-order valence-electron chi connectivity index (χ0n) is 20.9. The van der Waals surface area contributed by atoms with Gasteiger partial charge in [0.1, 0.15) is 17.1 Å². The Bertz CT molecular complexity index is 1460. The van der Waals surface area contributed by atoms with Crippen LogP contribution in [0.2, 0.25) is 0 Å². The van der Waals surface area contributed by atoms with E-state index in [1.165, 1.54) is 4.90 Å². The number of aliphatic hydroxyl groups excluding tert-OH is 1. The highest BCUT2D eigenvalue weighted by molar-refractivity contribution is 6.09. The van der Waals surface area contributed by atoms with E-state index in [9.17, 15) is 19.8 Å². The lowest BCUT2D eigenvalue weighted by molar-refractivity contribution is -0.140. The van der Waals surface area contributed by atoms with Crippen LogP contribution < -0.4 is 4.74 Å². The van der Waals surface area contributed by atoms with E-state index in [2.05, 4.69) is 0 Å². The molecule has 4 aliphatic rings. The molecule has 4 atom stereocenters. The Hall–Kier alpha value is -3.90. The maximum absolute atomic E-state index is 14.3. The SMILES string of the molecule is O=C1C2C3=C(c4ccc(O)cc4OC34CCCC4)[C@@H](O)[C@H](c3ccccc3)C2C(=O)N1Cc1ccccc1. The first-order valence-corrected chi connectivity index (χ1v) is 13.4. The van der Waals surface area contributed by atoms with Gasteiger partial charge in [0.25, 0.3) is 0 Å². The number of carbonyl (C=O) groups excluding carboxylic acids is 2. The molecular formula is C32H29NO5. The number of aromatic hydroxyl groups is 1. The van der Waals surface area contributed by atoms with Gasteiger partial charge in [0.15, 0.2) is 0 Å². The Labute approximate surface area is 221 Å². The number of nitrogens with zero attached hydrogens (tertiary/aromatic N) is 1. The summed E-state index contributed by atoms with van der Waals surface area (Å²) in [5.41, 5.74) is 3.08. The third-order valence-corrected chi connectivity index (χ3v) is 8.90. The monoisotopic (exact) mass is 507 g/mol. The van der Waals surface area contributed by atoms with Crippen molar-refractivity contribution in [2.24, 2.45) is 11.8 Å². The smallest absolute Gasteiger partial charge is 0.237 e. The van der Waals surface area contributed by atoms with Gasteiger partial charge >= 0.3 is 0 Å². The number of phenolic OH excluding ortho intramolecular Hbond substituents is 1. The molecule has 3 aromatic rings. The van der Waals surface area contributed by atoms with Gasteiger partial charge in [0.2, 0.25) is 11.8 Å². The molecule has 2 aliphatic carbocycles. The number of benzene rings is 3. The molecule has 7 rings (SSSR count). The number of rotatable bonds is 3. The standard InChI is InChI=1S/C32H29NO5/c34-21-13-14-22-23(17-21)38-32(15-7-8-16-32)28-25(22)29(35)24(20-11-5-2-6-12-20)26-27(28)31(37)33(30(26)36)18-19-9-3-1-4-10-19/h1-6,9-14,17,24,26-27,29,34-35H,7-8,15-16,18H2/t24-,26?,27?,29+/m1/s1. The molecule has 1 spiro atoms. The van der Waals surface area contributed by atoms with Crippen molar-refractivity contribution in [3.05, 3.63) is 101 Å². The molecule has 2 amide bonds. The molecule has 38 heavy (non-hydrogen) atoms. The highest BCUT2D eigenvalue weighted by atomic mass is 16.5. The van der Waals surface area contributed by atoms with Crippen molar-refractivity contribution in [2.75, 3.05) is 0 Å². The van der Waals surface area contributed by atoms with Crippen molar-refractivity contribution >= 4 is 17.4 Å². The Kier molecular flexibility index (Phi) is 5.24. The first kappa shape index (κ1) is 23.2. The zero-order valence-corrected chi connectivity index (χ0v) is 20.9. The van der Waals surface area contributed by atoms with Gasteiger partial charge in [-0.1, -0.05) is 60.7 Å². The Morgan fingerprint density at radius 2 is 1.55 bits per heavy atom. The number of hydrogen-bond acceptors (Lipinski definition) is 5. The molecule has 2 heterocycles. The molecule has 0 bridgehead atoms. The molecule has 2 N–H and O–H groups in total. The van der Waals surface area contributed by atoms with E-state index < -0.39 is 29.5 Å². The lowest BCUT2D eigenvalue weighted by atomic mass is 9.60. The molecule has 1 saturated carbocycles. The highest BCUT2D eigenvalue weighted by Gasteiger charge is 2.63. The van der Waals surface area contributed by atoms with E-state index in [0.717, 1.165) is 29.5 Å². The molecule has 3 aromatic carbocycles.